The quantitative estimate of drug-likeness (QED) is 0.461. The van der Waals surface area contributed by atoms with Gasteiger partial charge in [0.05, 0.1) is 17.3 Å². The molecule has 0 saturated carbocycles. The Labute approximate surface area is 183 Å². The molecule has 1 aromatic carbocycles. The number of fused-ring (bicyclic) bond motifs is 1. The van der Waals surface area contributed by atoms with Gasteiger partial charge in [0.1, 0.15) is 17.8 Å². The predicted molar refractivity (Wildman–Crippen MR) is 118 cm³/mol. The van der Waals surface area contributed by atoms with Crippen molar-refractivity contribution in [2.45, 2.75) is 6.54 Å². The number of ether oxygens (including phenoxy) is 1. The third-order valence-electron chi connectivity index (χ3n) is 5.13. The van der Waals surface area contributed by atoms with Crippen molar-refractivity contribution in [1.82, 2.24) is 29.4 Å². The van der Waals surface area contributed by atoms with Crippen LogP contribution in [0.2, 0.25) is 0 Å². The van der Waals surface area contributed by atoms with Gasteiger partial charge in [-0.3, -0.25) is 9.38 Å². The minimum Gasteiger partial charge on any atom is -0.439 e. The summed E-state index contributed by atoms with van der Waals surface area (Å²) in [6.07, 6.45) is 3.35. The molecular formula is C23H18N8O. The SMILES string of the molecule is Cn1nc(-c2ccccn2)cc1Oc1cc(C#N)ccc1-c1ccc(CN)n2cnnc12. The summed E-state index contributed by atoms with van der Waals surface area (Å²) in [5, 5.41) is 22.2. The number of pyridine rings is 2. The third-order valence-corrected chi connectivity index (χ3v) is 5.13. The Bertz CT molecular complexity index is 1460. The van der Waals surface area contributed by atoms with E-state index in [1.54, 1.807) is 36.4 Å². The zero-order chi connectivity index (χ0) is 22.1. The lowest BCUT2D eigenvalue weighted by Gasteiger charge is -2.13. The maximum Gasteiger partial charge on any atom is 0.218 e. The van der Waals surface area contributed by atoms with Crippen molar-refractivity contribution >= 4 is 5.65 Å². The van der Waals surface area contributed by atoms with Crippen LogP contribution in [0.4, 0.5) is 0 Å². The molecule has 9 heteroatoms. The number of rotatable bonds is 5. The van der Waals surface area contributed by atoms with E-state index in [9.17, 15) is 5.26 Å². The second kappa shape index (κ2) is 7.94. The molecule has 0 aliphatic carbocycles. The molecule has 0 fully saturated rings. The number of aromatic nitrogens is 6. The van der Waals surface area contributed by atoms with E-state index in [-0.39, 0.29) is 0 Å². The van der Waals surface area contributed by atoms with Gasteiger partial charge in [0.25, 0.3) is 0 Å². The summed E-state index contributed by atoms with van der Waals surface area (Å²) >= 11 is 0. The number of nitrogens with zero attached hydrogens (tertiary/aromatic N) is 7. The predicted octanol–water partition coefficient (Wildman–Crippen LogP) is 3.31. The van der Waals surface area contributed by atoms with Crippen LogP contribution in [0.3, 0.4) is 0 Å². The first kappa shape index (κ1) is 19.4. The van der Waals surface area contributed by atoms with E-state index in [4.69, 9.17) is 10.5 Å². The standard InChI is InChI=1S/C23H18N8O/c1-30-22(11-20(29-30)19-4-2-3-9-26-19)32-21-10-15(12-24)5-7-17(21)18-8-6-16(13-25)31-14-27-28-23(18)31/h2-11,14H,13,25H2,1H3. The normalized spacial score (nSPS) is 10.9. The van der Waals surface area contributed by atoms with Crippen molar-refractivity contribution < 1.29 is 4.74 Å². The molecule has 5 rings (SSSR count). The lowest BCUT2D eigenvalue weighted by molar-refractivity contribution is 0.432. The van der Waals surface area contributed by atoms with E-state index in [0.717, 1.165) is 22.5 Å². The summed E-state index contributed by atoms with van der Waals surface area (Å²) in [4.78, 5) is 4.34. The molecule has 2 N–H and O–H groups in total. The fourth-order valence-electron chi connectivity index (χ4n) is 3.54. The Kier molecular flexibility index (Phi) is 4.82. The van der Waals surface area contributed by atoms with E-state index in [0.29, 0.717) is 35.1 Å². The van der Waals surface area contributed by atoms with Gasteiger partial charge >= 0.3 is 0 Å². The first-order valence-corrected chi connectivity index (χ1v) is 9.87. The van der Waals surface area contributed by atoms with Crippen molar-refractivity contribution in [3.8, 4) is 40.2 Å². The molecule has 0 aliphatic heterocycles. The molecule has 0 atom stereocenters. The Balaban J connectivity index is 1.61. The van der Waals surface area contributed by atoms with Crippen LogP contribution in [0.5, 0.6) is 11.6 Å². The van der Waals surface area contributed by atoms with Crippen LogP contribution >= 0.6 is 0 Å². The molecule has 0 aliphatic rings. The molecule has 0 spiro atoms. The van der Waals surface area contributed by atoms with E-state index >= 15 is 0 Å². The summed E-state index contributed by atoms with van der Waals surface area (Å²) in [5.41, 5.74) is 10.9. The number of nitrogens with two attached hydrogens (primary N) is 1. The summed E-state index contributed by atoms with van der Waals surface area (Å²) in [6, 6.07) is 18.8. The topological polar surface area (TPSA) is 120 Å². The maximum atomic E-state index is 9.43. The van der Waals surface area contributed by atoms with Crippen LogP contribution in [-0.4, -0.2) is 29.4 Å². The lowest BCUT2D eigenvalue weighted by atomic mass is 10.0. The van der Waals surface area contributed by atoms with Crippen LogP contribution in [0.15, 0.2) is 67.1 Å². The van der Waals surface area contributed by atoms with Gasteiger partial charge in [0, 0.05) is 42.7 Å². The van der Waals surface area contributed by atoms with Crippen LogP contribution in [0.1, 0.15) is 11.3 Å². The molecule has 0 bridgehead atoms. The Morgan fingerprint density at radius 3 is 2.72 bits per heavy atom. The first-order chi connectivity index (χ1) is 15.7. The van der Waals surface area contributed by atoms with Crippen molar-refractivity contribution in [1.29, 1.82) is 5.26 Å². The number of hydrogen-bond donors (Lipinski definition) is 1. The van der Waals surface area contributed by atoms with E-state index in [1.165, 1.54) is 0 Å². The summed E-state index contributed by atoms with van der Waals surface area (Å²) in [7, 11) is 1.79. The van der Waals surface area contributed by atoms with Gasteiger partial charge in [-0.1, -0.05) is 6.07 Å². The minimum atomic E-state index is 0.358. The van der Waals surface area contributed by atoms with E-state index in [1.807, 2.05) is 46.9 Å². The molecule has 9 nitrogen and oxygen atoms in total. The summed E-state index contributed by atoms with van der Waals surface area (Å²) < 4.78 is 9.74. The molecule has 4 aromatic heterocycles. The molecule has 156 valence electrons. The second-order valence-corrected chi connectivity index (χ2v) is 7.10. The monoisotopic (exact) mass is 422 g/mol. The average molecular weight is 422 g/mol. The van der Waals surface area contributed by atoms with Gasteiger partial charge in [-0.25, -0.2) is 4.68 Å². The van der Waals surface area contributed by atoms with E-state index in [2.05, 4.69) is 26.3 Å². The molecule has 0 saturated heterocycles. The Hall–Kier alpha value is -4.55. The maximum absolute atomic E-state index is 9.43. The average Bonchev–Trinajstić information content (AvgIpc) is 3.46. The fourth-order valence-corrected chi connectivity index (χ4v) is 3.54. The van der Waals surface area contributed by atoms with Crippen molar-refractivity contribution in [2.75, 3.05) is 0 Å². The molecule has 0 radical (unpaired) electrons. The zero-order valence-electron chi connectivity index (χ0n) is 17.2. The number of aryl methyl sites for hydroxylation is 1. The molecule has 4 heterocycles. The molecule has 0 unspecified atom stereocenters. The minimum absolute atomic E-state index is 0.358. The van der Waals surface area contributed by atoms with E-state index < -0.39 is 0 Å². The van der Waals surface area contributed by atoms with Gasteiger partial charge in [-0.05, 0) is 42.5 Å². The van der Waals surface area contributed by atoms with Gasteiger partial charge in [-0.2, -0.15) is 10.4 Å². The summed E-state index contributed by atoms with van der Waals surface area (Å²) in [6.45, 7) is 0.358. The molecule has 5 aromatic rings. The Morgan fingerprint density at radius 2 is 1.94 bits per heavy atom. The van der Waals surface area contributed by atoms with Crippen LogP contribution < -0.4 is 10.5 Å². The molecule has 32 heavy (non-hydrogen) atoms. The first-order valence-electron chi connectivity index (χ1n) is 9.87. The van der Waals surface area contributed by atoms with Crippen LogP contribution in [-0.2, 0) is 13.6 Å². The highest BCUT2D eigenvalue weighted by Gasteiger charge is 2.17. The highest BCUT2D eigenvalue weighted by atomic mass is 16.5. The smallest absolute Gasteiger partial charge is 0.218 e. The number of benzene rings is 1. The second-order valence-electron chi connectivity index (χ2n) is 7.10. The fraction of sp³-hybridized carbons (Fsp3) is 0.0870. The molecule has 0 amide bonds. The van der Waals surface area contributed by atoms with Crippen molar-refractivity contribution in [3.05, 3.63) is 78.4 Å². The van der Waals surface area contributed by atoms with Gasteiger partial charge < -0.3 is 10.5 Å². The number of hydrogen-bond acceptors (Lipinski definition) is 7. The van der Waals surface area contributed by atoms with Crippen LogP contribution in [0, 0.1) is 11.3 Å². The van der Waals surface area contributed by atoms with Gasteiger partial charge in [-0.15, -0.1) is 10.2 Å². The van der Waals surface area contributed by atoms with Gasteiger partial charge in [0.15, 0.2) is 5.65 Å². The highest BCUT2D eigenvalue weighted by Crippen LogP contribution is 2.37. The third kappa shape index (κ3) is 3.34. The number of nitriles is 1. The largest absolute Gasteiger partial charge is 0.439 e. The molecular weight excluding hydrogens is 404 g/mol. The summed E-state index contributed by atoms with van der Waals surface area (Å²) in [5.74, 6) is 1.02. The highest BCUT2D eigenvalue weighted by molar-refractivity contribution is 5.82. The zero-order valence-corrected chi connectivity index (χ0v) is 17.2. The van der Waals surface area contributed by atoms with Crippen molar-refractivity contribution in [2.24, 2.45) is 12.8 Å². The van der Waals surface area contributed by atoms with Gasteiger partial charge in [0.2, 0.25) is 5.88 Å². The lowest BCUT2D eigenvalue weighted by Crippen LogP contribution is -2.04. The van der Waals surface area contributed by atoms with Crippen LogP contribution in [0.25, 0.3) is 28.2 Å². The Morgan fingerprint density at radius 1 is 1.06 bits per heavy atom. The van der Waals surface area contributed by atoms with Crippen molar-refractivity contribution in [3.63, 3.8) is 0 Å².